The van der Waals surface area contributed by atoms with Crippen LogP contribution >= 0.6 is 11.6 Å². The molecule has 35 heavy (non-hydrogen) atoms. The molecule has 1 aliphatic rings. The van der Waals surface area contributed by atoms with Gasteiger partial charge in [0.1, 0.15) is 12.7 Å². The molecule has 0 bridgehead atoms. The van der Waals surface area contributed by atoms with Crippen molar-refractivity contribution in [3.63, 3.8) is 0 Å². The third-order valence-electron chi connectivity index (χ3n) is 6.06. The largest absolute Gasteiger partial charge is 0.449 e. The van der Waals surface area contributed by atoms with Gasteiger partial charge in [0.05, 0.1) is 11.7 Å². The molecule has 0 aromatic heterocycles. The van der Waals surface area contributed by atoms with Crippen molar-refractivity contribution < 1.29 is 32.9 Å². The van der Waals surface area contributed by atoms with E-state index in [0.717, 1.165) is 34.4 Å². The number of halogens is 4. The van der Waals surface area contributed by atoms with Gasteiger partial charge in [-0.25, -0.2) is 4.79 Å². The first kappa shape index (κ1) is 25.0. The van der Waals surface area contributed by atoms with Crippen LogP contribution in [-0.4, -0.2) is 35.6 Å². The fourth-order valence-electron chi connectivity index (χ4n) is 4.28. The number of nitrogens with one attached hydrogen (secondary N) is 1. The number of amides is 1. The first-order chi connectivity index (χ1) is 16.7. The number of hydrogen-bond donors (Lipinski definition) is 3. The number of carbonyl (C=O) groups excluding carboxylic acids is 1. The first-order valence-corrected chi connectivity index (χ1v) is 11.4. The van der Waals surface area contributed by atoms with E-state index in [4.69, 9.17) is 16.3 Å². The zero-order valence-electron chi connectivity index (χ0n) is 18.4. The molecule has 0 spiro atoms. The smallest absolute Gasteiger partial charge is 0.416 e. The van der Waals surface area contributed by atoms with E-state index in [-0.39, 0.29) is 36.1 Å². The molecule has 0 saturated carbocycles. The highest BCUT2D eigenvalue weighted by Gasteiger charge is 2.33. The average Bonchev–Trinajstić information content (AvgIpc) is 3.15. The van der Waals surface area contributed by atoms with Crippen LogP contribution in [0.15, 0.2) is 66.7 Å². The quantitative estimate of drug-likeness (QED) is 0.386. The molecule has 0 aliphatic heterocycles. The monoisotopic (exact) mass is 505 g/mol. The highest BCUT2D eigenvalue weighted by Crippen LogP contribution is 2.44. The van der Waals surface area contributed by atoms with Gasteiger partial charge in [0, 0.05) is 23.0 Å². The number of hydrogen-bond acceptors (Lipinski definition) is 4. The number of carbonyl (C=O) groups is 1. The second kappa shape index (κ2) is 10.3. The molecule has 3 aromatic carbocycles. The lowest BCUT2D eigenvalue weighted by molar-refractivity contribution is -0.137. The Morgan fingerprint density at radius 3 is 2.20 bits per heavy atom. The Kier molecular flexibility index (Phi) is 7.35. The summed E-state index contributed by atoms with van der Waals surface area (Å²) in [6.45, 7) is 0.0519. The van der Waals surface area contributed by atoms with E-state index in [2.05, 4.69) is 5.32 Å². The summed E-state index contributed by atoms with van der Waals surface area (Å²) < 4.78 is 44.3. The lowest BCUT2D eigenvalue weighted by Crippen LogP contribution is -2.30. The third-order valence-corrected chi connectivity index (χ3v) is 6.40. The Labute approximate surface area is 205 Å². The van der Waals surface area contributed by atoms with Crippen LogP contribution in [-0.2, 0) is 10.9 Å². The van der Waals surface area contributed by atoms with E-state index in [9.17, 15) is 28.2 Å². The van der Waals surface area contributed by atoms with E-state index in [1.165, 1.54) is 0 Å². The summed E-state index contributed by atoms with van der Waals surface area (Å²) in [7, 11) is 0. The summed E-state index contributed by atoms with van der Waals surface area (Å²) in [5, 5.41) is 22.9. The second-order valence-electron chi connectivity index (χ2n) is 8.29. The maximum Gasteiger partial charge on any atom is 0.416 e. The number of aliphatic hydroxyl groups is 2. The zero-order valence-corrected chi connectivity index (χ0v) is 19.2. The zero-order chi connectivity index (χ0) is 25.2. The molecule has 3 N–H and O–H groups in total. The van der Waals surface area contributed by atoms with Crippen LogP contribution in [0.25, 0.3) is 11.1 Å². The van der Waals surface area contributed by atoms with Crippen molar-refractivity contribution in [1.29, 1.82) is 0 Å². The van der Waals surface area contributed by atoms with Crippen LogP contribution in [0.5, 0.6) is 0 Å². The molecule has 5 nitrogen and oxygen atoms in total. The van der Waals surface area contributed by atoms with Gasteiger partial charge in [0.15, 0.2) is 0 Å². The van der Waals surface area contributed by atoms with Gasteiger partial charge >= 0.3 is 12.3 Å². The van der Waals surface area contributed by atoms with E-state index >= 15 is 0 Å². The minimum atomic E-state index is -4.62. The SMILES string of the molecule is O=C(NCCC(O)C(O)c1cc(C(F)(F)F)ccc1Cl)OCC1c2ccccc2-c2ccccc21. The fraction of sp³-hybridized carbons (Fsp3) is 0.269. The van der Waals surface area contributed by atoms with Gasteiger partial charge in [0.2, 0.25) is 0 Å². The van der Waals surface area contributed by atoms with Gasteiger partial charge < -0.3 is 20.3 Å². The summed E-state index contributed by atoms with van der Waals surface area (Å²) in [6, 6.07) is 18.3. The van der Waals surface area contributed by atoms with Crippen molar-refractivity contribution in [2.45, 2.75) is 30.7 Å². The molecule has 4 rings (SSSR count). The Bertz CT molecular complexity index is 1170. The Hall–Kier alpha value is -3.07. The molecule has 0 heterocycles. The van der Waals surface area contributed by atoms with Crippen molar-refractivity contribution in [3.05, 3.63) is 94.0 Å². The van der Waals surface area contributed by atoms with Gasteiger partial charge in [0.25, 0.3) is 0 Å². The number of ether oxygens (including phenoxy) is 1. The standard InChI is InChI=1S/C26H23ClF3NO4/c27-22-10-9-15(26(28,29)30)13-20(22)24(33)23(32)11-12-31-25(34)35-14-21-18-7-3-1-5-16(18)17-6-2-4-8-19(17)21/h1-10,13,21,23-24,32-33H,11-12,14H2,(H,31,34). The number of benzene rings is 3. The predicted molar refractivity (Wildman–Crippen MR) is 125 cm³/mol. The average molecular weight is 506 g/mol. The maximum atomic E-state index is 13.0. The van der Waals surface area contributed by atoms with Gasteiger partial charge in [-0.15, -0.1) is 0 Å². The number of aliphatic hydroxyl groups excluding tert-OH is 2. The second-order valence-corrected chi connectivity index (χ2v) is 8.69. The third kappa shape index (κ3) is 5.45. The molecule has 0 saturated heterocycles. The van der Waals surface area contributed by atoms with Crippen LogP contribution in [0.1, 0.15) is 40.7 Å². The molecule has 9 heteroatoms. The van der Waals surface area contributed by atoms with Crippen molar-refractivity contribution in [2.24, 2.45) is 0 Å². The topological polar surface area (TPSA) is 78.8 Å². The van der Waals surface area contributed by atoms with Crippen LogP contribution in [0.2, 0.25) is 5.02 Å². The van der Waals surface area contributed by atoms with E-state index in [1.807, 2.05) is 48.5 Å². The lowest BCUT2D eigenvalue weighted by Gasteiger charge is -2.21. The Morgan fingerprint density at radius 1 is 1.00 bits per heavy atom. The number of fused-ring (bicyclic) bond motifs is 3. The number of alkyl carbamates (subject to hydrolysis) is 1. The van der Waals surface area contributed by atoms with Crippen LogP contribution < -0.4 is 5.32 Å². The van der Waals surface area contributed by atoms with Crippen LogP contribution in [0, 0.1) is 0 Å². The molecule has 184 valence electrons. The predicted octanol–water partition coefficient (Wildman–Crippen LogP) is 5.68. The van der Waals surface area contributed by atoms with E-state index < -0.39 is 30.0 Å². The van der Waals surface area contributed by atoms with Gasteiger partial charge in [-0.1, -0.05) is 60.1 Å². The van der Waals surface area contributed by atoms with E-state index in [1.54, 1.807) is 0 Å². The molecular weight excluding hydrogens is 483 g/mol. The molecule has 0 radical (unpaired) electrons. The molecular formula is C26H23ClF3NO4. The van der Waals surface area contributed by atoms with Crippen LogP contribution in [0.3, 0.4) is 0 Å². The minimum absolute atomic E-state index is 0.0640. The minimum Gasteiger partial charge on any atom is -0.449 e. The fourth-order valence-corrected chi connectivity index (χ4v) is 4.51. The van der Waals surface area contributed by atoms with Gasteiger partial charge in [-0.3, -0.25) is 0 Å². The Balaban J connectivity index is 1.30. The maximum absolute atomic E-state index is 13.0. The molecule has 2 atom stereocenters. The summed E-state index contributed by atoms with van der Waals surface area (Å²) in [6.07, 6.45) is -8.56. The lowest BCUT2D eigenvalue weighted by atomic mass is 9.98. The highest BCUT2D eigenvalue weighted by molar-refractivity contribution is 6.31. The van der Waals surface area contributed by atoms with Crippen molar-refractivity contribution in [3.8, 4) is 11.1 Å². The molecule has 0 fully saturated rings. The van der Waals surface area contributed by atoms with E-state index in [0.29, 0.717) is 6.07 Å². The van der Waals surface area contributed by atoms with Gasteiger partial charge in [-0.2, -0.15) is 13.2 Å². The van der Waals surface area contributed by atoms with Gasteiger partial charge in [-0.05, 0) is 46.9 Å². The molecule has 3 aromatic rings. The molecule has 1 amide bonds. The van der Waals surface area contributed by atoms with Crippen molar-refractivity contribution in [2.75, 3.05) is 13.2 Å². The normalized spacial score (nSPS) is 14.7. The first-order valence-electron chi connectivity index (χ1n) is 11.0. The molecule has 2 unspecified atom stereocenters. The highest BCUT2D eigenvalue weighted by atomic mass is 35.5. The summed E-state index contributed by atoms with van der Waals surface area (Å²) in [4.78, 5) is 12.2. The number of alkyl halides is 3. The molecule has 1 aliphatic carbocycles. The number of rotatable bonds is 7. The Morgan fingerprint density at radius 2 is 1.60 bits per heavy atom. The van der Waals surface area contributed by atoms with Crippen LogP contribution in [0.4, 0.5) is 18.0 Å². The summed E-state index contributed by atoms with van der Waals surface area (Å²) in [5.74, 6) is -0.108. The van der Waals surface area contributed by atoms with Crippen molar-refractivity contribution in [1.82, 2.24) is 5.32 Å². The van der Waals surface area contributed by atoms with Crippen molar-refractivity contribution >= 4 is 17.7 Å². The summed E-state index contributed by atoms with van der Waals surface area (Å²) in [5.41, 5.74) is 3.11. The summed E-state index contributed by atoms with van der Waals surface area (Å²) >= 11 is 5.92.